The van der Waals surface area contributed by atoms with Crippen molar-refractivity contribution in [3.8, 4) is 28.9 Å². The van der Waals surface area contributed by atoms with Gasteiger partial charge < -0.3 is 26.0 Å². The van der Waals surface area contributed by atoms with Gasteiger partial charge in [0.2, 0.25) is 5.88 Å². The molecule has 7 rings (SSSR count). The third-order valence-electron chi connectivity index (χ3n) is 9.77. The number of nitrogens with two attached hydrogens (primary N) is 1. The van der Waals surface area contributed by atoms with Crippen LogP contribution in [0.2, 0.25) is 0 Å². The van der Waals surface area contributed by atoms with E-state index in [1.165, 1.54) is 6.07 Å². The van der Waals surface area contributed by atoms with E-state index in [9.17, 15) is 10.2 Å². The minimum atomic E-state index is -0.756. The highest BCUT2D eigenvalue weighted by Gasteiger charge is 2.45. The number of nitrogens with one attached hydrogen (secondary N) is 1. The van der Waals surface area contributed by atoms with Crippen molar-refractivity contribution >= 4 is 33.3 Å². The van der Waals surface area contributed by atoms with Crippen molar-refractivity contribution in [2.75, 3.05) is 30.7 Å². The van der Waals surface area contributed by atoms with Crippen molar-refractivity contribution in [1.29, 1.82) is 0 Å². The number of hydrogen-bond donors (Lipinski definition) is 4. The molecule has 5 aromatic rings. The van der Waals surface area contributed by atoms with Crippen LogP contribution in [0.3, 0.4) is 0 Å². The quantitative estimate of drug-likeness (QED) is 0.153. The number of nitrogens with zero attached hydrogens (tertiary/aromatic N) is 5. The average Bonchev–Trinajstić information content (AvgIpc) is 3.62. The summed E-state index contributed by atoms with van der Waals surface area (Å²) in [6, 6.07) is 10.2. The maximum atomic E-state index is 16.9. The number of benzene rings is 2. The van der Waals surface area contributed by atoms with Gasteiger partial charge in [0, 0.05) is 17.3 Å². The molecule has 0 radical (unpaired) electrons. The SMILES string of the molecule is CCc1c(C)ccc2cc(O)cc(-c3nc(O)c4c(NC(C)c5cccnc5N)nc(OCC56CCCN5CCC6)nc4c3F)c12. The first-order valence-electron chi connectivity index (χ1n) is 15.9. The van der Waals surface area contributed by atoms with Gasteiger partial charge in [-0.15, -0.1) is 0 Å². The number of nitrogen functional groups attached to an aromatic ring is 1. The van der Waals surface area contributed by atoms with Crippen LogP contribution in [0.15, 0.2) is 42.6 Å². The zero-order valence-corrected chi connectivity index (χ0v) is 26.3. The van der Waals surface area contributed by atoms with Crippen LogP contribution in [-0.4, -0.2) is 60.3 Å². The lowest BCUT2D eigenvalue weighted by molar-refractivity contribution is 0.108. The van der Waals surface area contributed by atoms with E-state index in [0.29, 0.717) is 30.0 Å². The molecule has 46 heavy (non-hydrogen) atoms. The summed E-state index contributed by atoms with van der Waals surface area (Å²) in [6.07, 6.45) is 6.55. The Bertz CT molecular complexity index is 1970. The number of anilines is 2. The number of phenols is 1. The summed E-state index contributed by atoms with van der Waals surface area (Å²) in [5.74, 6) is -0.751. The number of rotatable bonds is 8. The first-order chi connectivity index (χ1) is 22.2. The standard InChI is InChI=1S/C35H38FN7O3/c1-4-23-19(2)9-10-21-16-22(44)17-25(26(21)23)29-28(36)30-27(33(45)40-29)32(39-20(3)24-8-5-13-38-31(24)37)42-34(41-30)46-18-35-11-6-14-43(35)15-7-12-35/h5,8-10,13,16-17,20,44H,4,6-7,11-12,14-15,18H2,1-3H3,(H2,37,38)(H,40,45)(H,39,41,42). The number of hydrogen-bond acceptors (Lipinski definition) is 10. The molecule has 5 heterocycles. The second kappa shape index (κ2) is 11.5. The fourth-order valence-corrected chi connectivity index (χ4v) is 7.49. The molecule has 10 nitrogen and oxygen atoms in total. The number of halogens is 1. The third-order valence-corrected chi connectivity index (χ3v) is 9.77. The number of aromatic hydroxyl groups is 2. The molecule has 2 saturated heterocycles. The Hall–Kier alpha value is -4.77. The fourth-order valence-electron chi connectivity index (χ4n) is 7.49. The van der Waals surface area contributed by atoms with Gasteiger partial charge in [-0.05, 0) is 99.1 Å². The van der Waals surface area contributed by atoms with E-state index in [-0.39, 0.29) is 39.7 Å². The molecule has 0 saturated carbocycles. The van der Waals surface area contributed by atoms with Crippen molar-refractivity contribution < 1.29 is 19.3 Å². The van der Waals surface area contributed by atoms with Gasteiger partial charge in [-0.3, -0.25) is 4.90 Å². The van der Waals surface area contributed by atoms with Gasteiger partial charge in [-0.2, -0.15) is 9.97 Å². The molecule has 11 heteroatoms. The van der Waals surface area contributed by atoms with Crippen LogP contribution in [0.25, 0.3) is 32.9 Å². The average molecular weight is 624 g/mol. The molecule has 238 valence electrons. The summed E-state index contributed by atoms with van der Waals surface area (Å²) >= 11 is 0. The maximum Gasteiger partial charge on any atom is 0.319 e. The predicted molar refractivity (Wildman–Crippen MR) is 177 cm³/mol. The number of aromatic nitrogens is 4. The lowest BCUT2D eigenvalue weighted by atomic mass is 9.92. The van der Waals surface area contributed by atoms with Crippen LogP contribution in [0, 0.1) is 12.7 Å². The Kier molecular flexibility index (Phi) is 7.51. The Morgan fingerprint density at radius 1 is 1.09 bits per heavy atom. The van der Waals surface area contributed by atoms with E-state index >= 15 is 4.39 Å². The lowest BCUT2D eigenvalue weighted by Crippen LogP contribution is -2.43. The summed E-state index contributed by atoms with van der Waals surface area (Å²) in [7, 11) is 0. The molecule has 0 bridgehead atoms. The number of ether oxygens (including phenoxy) is 1. The fraction of sp³-hybridized carbons (Fsp3) is 0.371. The van der Waals surface area contributed by atoms with Crippen LogP contribution in [0.1, 0.15) is 62.3 Å². The van der Waals surface area contributed by atoms with Gasteiger partial charge in [-0.25, -0.2) is 14.4 Å². The highest BCUT2D eigenvalue weighted by Crippen LogP contribution is 2.43. The molecule has 2 aliphatic heterocycles. The summed E-state index contributed by atoms with van der Waals surface area (Å²) < 4.78 is 23.2. The van der Waals surface area contributed by atoms with Crippen molar-refractivity contribution in [3.63, 3.8) is 0 Å². The molecule has 2 fully saturated rings. The number of fused-ring (bicyclic) bond motifs is 3. The molecule has 3 aromatic heterocycles. The van der Waals surface area contributed by atoms with Crippen LogP contribution in [-0.2, 0) is 6.42 Å². The van der Waals surface area contributed by atoms with E-state index in [2.05, 4.69) is 30.2 Å². The number of pyridine rings is 2. The predicted octanol–water partition coefficient (Wildman–Crippen LogP) is 6.42. The second-order valence-electron chi connectivity index (χ2n) is 12.5. The Balaban J connectivity index is 1.40. The van der Waals surface area contributed by atoms with Gasteiger partial charge in [0.1, 0.15) is 40.6 Å². The third kappa shape index (κ3) is 4.99. The van der Waals surface area contributed by atoms with E-state index in [4.69, 9.17) is 10.5 Å². The molecule has 0 aliphatic carbocycles. The van der Waals surface area contributed by atoms with Crippen molar-refractivity contribution in [1.82, 2.24) is 24.8 Å². The normalized spacial score (nSPS) is 16.6. The molecule has 2 aromatic carbocycles. The van der Waals surface area contributed by atoms with Gasteiger partial charge in [-0.1, -0.05) is 25.1 Å². The maximum absolute atomic E-state index is 16.9. The van der Waals surface area contributed by atoms with Crippen LogP contribution in [0.4, 0.5) is 16.0 Å². The Morgan fingerprint density at radius 2 is 1.87 bits per heavy atom. The topological polar surface area (TPSA) is 143 Å². The van der Waals surface area contributed by atoms with E-state index in [0.717, 1.165) is 60.7 Å². The van der Waals surface area contributed by atoms with E-state index < -0.39 is 17.7 Å². The van der Waals surface area contributed by atoms with Crippen LogP contribution >= 0.6 is 0 Å². The van der Waals surface area contributed by atoms with E-state index in [1.807, 2.05) is 39.0 Å². The van der Waals surface area contributed by atoms with E-state index in [1.54, 1.807) is 18.3 Å². The molecule has 1 unspecified atom stereocenters. The Labute approximate surface area is 266 Å². The molecular weight excluding hydrogens is 585 g/mol. The largest absolute Gasteiger partial charge is 0.508 e. The minimum absolute atomic E-state index is 0.00390. The van der Waals surface area contributed by atoms with Gasteiger partial charge in [0.15, 0.2) is 5.82 Å². The summed E-state index contributed by atoms with van der Waals surface area (Å²) in [6.45, 7) is 8.35. The van der Waals surface area contributed by atoms with Gasteiger partial charge >= 0.3 is 6.01 Å². The summed E-state index contributed by atoms with van der Waals surface area (Å²) in [5, 5.41) is 26.9. The first-order valence-corrected chi connectivity index (χ1v) is 15.9. The van der Waals surface area contributed by atoms with Gasteiger partial charge in [0.25, 0.3) is 0 Å². The van der Waals surface area contributed by atoms with Crippen molar-refractivity contribution in [2.45, 2.75) is 64.5 Å². The second-order valence-corrected chi connectivity index (χ2v) is 12.5. The number of aryl methyl sites for hydroxylation is 2. The van der Waals surface area contributed by atoms with Crippen LogP contribution < -0.4 is 15.8 Å². The summed E-state index contributed by atoms with van der Waals surface area (Å²) in [5.41, 5.74) is 8.92. The molecule has 0 amide bonds. The molecule has 5 N–H and O–H groups in total. The molecular formula is C35H38FN7O3. The van der Waals surface area contributed by atoms with Crippen molar-refractivity contribution in [3.05, 3.63) is 65.1 Å². The molecule has 0 spiro atoms. The summed E-state index contributed by atoms with van der Waals surface area (Å²) in [4.78, 5) is 20.2. The zero-order valence-electron chi connectivity index (χ0n) is 26.3. The highest BCUT2D eigenvalue weighted by molar-refractivity contribution is 6.03. The van der Waals surface area contributed by atoms with Crippen LogP contribution in [0.5, 0.6) is 17.6 Å². The Morgan fingerprint density at radius 3 is 2.61 bits per heavy atom. The van der Waals surface area contributed by atoms with Gasteiger partial charge in [0.05, 0.1) is 11.6 Å². The molecule has 2 aliphatic rings. The lowest BCUT2D eigenvalue weighted by Gasteiger charge is -2.31. The molecule has 1 atom stereocenters. The first kappa shape index (κ1) is 29.9. The number of phenolic OH excluding ortho intramolecular Hbond substituents is 1. The highest BCUT2D eigenvalue weighted by atomic mass is 19.1. The van der Waals surface area contributed by atoms with Crippen molar-refractivity contribution in [2.24, 2.45) is 0 Å². The monoisotopic (exact) mass is 623 g/mol. The zero-order chi connectivity index (χ0) is 32.2. The minimum Gasteiger partial charge on any atom is -0.508 e. The smallest absolute Gasteiger partial charge is 0.319 e.